The molecule has 5 nitrogen and oxygen atoms in total. The highest BCUT2D eigenvalue weighted by Crippen LogP contribution is 2.39. The lowest BCUT2D eigenvalue weighted by molar-refractivity contribution is 0.251. The van der Waals surface area contributed by atoms with Crippen LogP contribution in [0.4, 0.5) is 0 Å². The van der Waals surface area contributed by atoms with Gasteiger partial charge in [-0.15, -0.1) is 0 Å². The van der Waals surface area contributed by atoms with Crippen LogP contribution >= 0.6 is 0 Å². The van der Waals surface area contributed by atoms with Crippen molar-refractivity contribution in [1.29, 1.82) is 0 Å². The molecule has 5 heteroatoms. The van der Waals surface area contributed by atoms with E-state index in [0.717, 1.165) is 81.5 Å². The van der Waals surface area contributed by atoms with Gasteiger partial charge in [0.1, 0.15) is 11.5 Å². The molecule has 2 N–H and O–H groups in total. The Bertz CT molecular complexity index is 2210. The van der Waals surface area contributed by atoms with Gasteiger partial charge in [-0.1, -0.05) is 91.0 Å². The van der Waals surface area contributed by atoms with E-state index in [2.05, 4.69) is 158 Å². The number of para-hydroxylation sites is 2. The van der Waals surface area contributed by atoms with Crippen molar-refractivity contribution < 1.29 is 10.2 Å². The number of nitrogens with zero attached hydrogens (tertiary/aromatic N) is 3. The van der Waals surface area contributed by atoms with Gasteiger partial charge < -0.3 is 24.6 Å². The van der Waals surface area contributed by atoms with E-state index >= 15 is 0 Å². The fourth-order valence-corrected chi connectivity index (χ4v) is 7.15. The Morgan fingerprint density at radius 2 is 1.12 bits per heavy atom. The third-order valence-corrected chi connectivity index (χ3v) is 9.61. The second-order valence-electron chi connectivity index (χ2n) is 13.3. The van der Waals surface area contributed by atoms with Crippen molar-refractivity contribution in [3.63, 3.8) is 0 Å². The van der Waals surface area contributed by atoms with Crippen molar-refractivity contribution in [2.75, 3.05) is 33.7 Å². The standard InChI is InChI=1S/C43H43N3O2/c1-29-24-32(42(47)38(26-29)35-17-11-13-31-12-5-6-14-34(31)35)20-21-44(3)22-23-45(4)28-33-25-30(2)27-41(43(33)48)46-39-18-9-7-15-36(39)37-16-8-10-19-40(37)46/h5-19,24-27,47-48H,20-23,28H2,1-4H3. The maximum Gasteiger partial charge on any atom is 0.144 e. The van der Waals surface area contributed by atoms with Gasteiger partial charge in [0, 0.05) is 48.1 Å². The van der Waals surface area contributed by atoms with Gasteiger partial charge in [0.25, 0.3) is 0 Å². The molecule has 0 fully saturated rings. The first-order valence-electron chi connectivity index (χ1n) is 16.8. The predicted octanol–water partition coefficient (Wildman–Crippen LogP) is 9.24. The molecule has 0 spiro atoms. The second-order valence-corrected chi connectivity index (χ2v) is 13.3. The highest BCUT2D eigenvalue weighted by atomic mass is 16.3. The quantitative estimate of drug-likeness (QED) is 0.158. The number of aryl methyl sites for hydroxylation is 2. The SMILES string of the molecule is Cc1cc(CCN(C)CCN(C)Cc2cc(C)cc(-n3c4ccccc4c4ccccc43)c2O)c(O)c(-c2cccc3ccccc23)c1. The molecule has 242 valence electrons. The summed E-state index contributed by atoms with van der Waals surface area (Å²) in [6, 6.07) is 39.8. The summed E-state index contributed by atoms with van der Waals surface area (Å²) >= 11 is 0. The molecule has 7 rings (SSSR count). The van der Waals surface area contributed by atoms with Crippen LogP contribution in [0.25, 0.3) is 49.4 Å². The molecule has 1 aromatic heterocycles. The maximum absolute atomic E-state index is 11.7. The van der Waals surface area contributed by atoms with Crippen LogP contribution in [0.15, 0.2) is 115 Å². The minimum Gasteiger partial charge on any atom is -0.507 e. The average molecular weight is 634 g/mol. The summed E-state index contributed by atoms with van der Waals surface area (Å²) < 4.78 is 2.19. The fourth-order valence-electron chi connectivity index (χ4n) is 7.15. The van der Waals surface area contributed by atoms with E-state index in [1.807, 2.05) is 0 Å². The molecule has 1 heterocycles. The molecule has 0 aliphatic heterocycles. The normalized spacial score (nSPS) is 11.9. The summed E-state index contributed by atoms with van der Waals surface area (Å²) in [5.41, 5.74) is 9.09. The van der Waals surface area contributed by atoms with Gasteiger partial charge in [-0.3, -0.25) is 0 Å². The number of hydrogen-bond donors (Lipinski definition) is 2. The molecule has 0 saturated carbocycles. The van der Waals surface area contributed by atoms with Crippen LogP contribution in [0.3, 0.4) is 0 Å². The number of phenols is 2. The molecule has 0 saturated heterocycles. The van der Waals surface area contributed by atoms with Crippen LogP contribution in [-0.2, 0) is 13.0 Å². The number of aromatic nitrogens is 1. The third kappa shape index (κ3) is 6.03. The van der Waals surface area contributed by atoms with Crippen LogP contribution in [0.2, 0.25) is 0 Å². The monoisotopic (exact) mass is 633 g/mol. The largest absolute Gasteiger partial charge is 0.507 e. The van der Waals surface area contributed by atoms with Crippen LogP contribution in [-0.4, -0.2) is 58.3 Å². The number of aromatic hydroxyl groups is 2. The Labute approximate surface area is 282 Å². The van der Waals surface area contributed by atoms with Crippen LogP contribution in [0, 0.1) is 13.8 Å². The Morgan fingerprint density at radius 3 is 1.85 bits per heavy atom. The lowest BCUT2D eigenvalue weighted by Gasteiger charge is -2.23. The number of likely N-dealkylation sites (N-methyl/N-ethyl adjacent to an activating group) is 2. The zero-order valence-electron chi connectivity index (χ0n) is 28.2. The Kier molecular flexibility index (Phi) is 8.65. The summed E-state index contributed by atoms with van der Waals surface area (Å²) in [5, 5.41) is 27.8. The van der Waals surface area contributed by atoms with Gasteiger partial charge in [-0.05, 0) is 91.7 Å². The first-order chi connectivity index (χ1) is 23.3. The molecule has 0 bridgehead atoms. The van der Waals surface area contributed by atoms with Gasteiger partial charge in [0.15, 0.2) is 0 Å². The molecule has 6 aromatic carbocycles. The van der Waals surface area contributed by atoms with E-state index in [-0.39, 0.29) is 0 Å². The highest BCUT2D eigenvalue weighted by Gasteiger charge is 2.18. The lowest BCUT2D eigenvalue weighted by Crippen LogP contribution is -2.31. The molecule has 0 aliphatic carbocycles. The van der Waals surface area contributed by atoms with Crippen molar-refractivity contribution in [3.05, 3.63) is 138 Å². The van der Waals surface area contributed by atoms with Crippen molar-refractivity contribution in [2.45, 2.75) is 26.8 Å². The van der Waals surface area contributed by atoms with Crippen LogP contribution in [0.5, 0.6) is 11.5 Å². The minimum atomic E-state index is 0.323. The first kappa shape index (κ1) is 31.5. The summed E-state index contributed by atoms with van der Waals surface area (Å²) in [6.07, 6.45) is 0.756. The molecule has 7 aromatic rings. The predicted molar refractivity (Wildman–Crippen MR) is 201 cm³/mol. The summed E-state index contributed by atoms with van der Waals surface area (Å²) in [7, 11) is 4.25. The summed E-state index contributed by atoms with van der Waals surface area (Å²) in [5.74, 6) is 0.695. The fraction of sp³-hybridized carbons (Fsp3) is 0.209. The summed E-state index contributed by atoms with van der Waals surface area (Å²) in [6.45, 7) is 7.37. The number of benzene rings is 6. The molecule has 0 unspecified atom stereocenters. The van der Waals surface area contributed by atoms with E-state index in [0.29, 0.717) is 18.0 Å². The average Bonchev–Trinajstić information content (AvgIpc) is 3.43. The number of fused-ring (bicyclic) bond motifs is 4. The van der Waals surface area contributed by atoms with E-state index in [1.54, 1.807) is 0 Å². The Balaban J connectivity index is 1.04. The Morgan fingerprint density at radius 1 is 0.542 bits per heavy atom. The van der Waals surface area contributed by atoms with Gasteiger partial charge >= 0.3 is 0 Å². The molecule has 0 amide bonds. The molecule has 0 radical (unpaired) electrons. The number of rotatable bonds is 10. The minimum absolute atomic E-state index is 0.323. The topological polar surface area (TPSA) is 51.9 Å². The van der Waals surface area contributed by atoms with Crippen molar-refractivity contribution in [3.8, 4) is 28.3 Å². The smallest absolute Gasteiger partial charge is 0.144 e. The lowest BCUT2D eigenvalue weighted by atomic mass is 9.93. The third-order valence-electron chi connectivity index (χ3n) is 9.61. The van der Waals surface area contributed by atoms with E-state index in [1.165, 1.54) is 16.2 Å². The van der Waals surface area contributed by atoms with Crippen LogP contribution < -0.4 is 0 Å². The highest BCUT2D eigenvalue weighted by molar-refractivity contribution is 6.09. The van der Waals surface area contributed by atoms with Crippen molar-refractivity contribution in [2.24, 2.45) is 0 Å². The van der Waals surface area contributed by atoms with E-state index < -0.39 is 0 Å². The zero-order chi connectivity index (χ0) is 33.4. The van der Waals surface area contributed by atoms with Crippen molar-refractivity contribution >= 4 is 32.6 Å². The van der Waals surface area contributed by atoms with Gasteiger partial charge in [-0.2, -0.15) is 0 Å². The first-order valence-corrected chi connectivity index (χ1v) is 16.8. The molecular weight excluding hydrogens is 590 g/mol. The van der Waals surface area contributed by atoms with Crippen molar-refractivity contribution in [1.82, 2.24) is 14.4 Å². The molecule has 0 aliphatic rings. The number of hydrogen-bond acceptors (Lipinski definition) is 4. The van der Waals surface area contributed by atoms with E-state index in [9.17, 15) is 10.2 Å². The maximum atomic E-state index is 11.7. The number of phenolic OH excluding ortho intramolecular Hbond substituents is 2. The summed E-state index contributed by atoms with van der Waals surface area (Å²) in [4.78, 5) is 4.58. The zero-order valence-corrected chi connectivity index (χ0v) is 28.2. The van der Waals surface area contributed by atoms with Gasteiger partial charge in [-0.25, -0.2) is 0 Å². The molecule has 0 atom stereocenters. The van der Waals surface area contributed by atoms with Crippen LogP contribution in [0.1, 0.15) is 22.3 Å². The molecular formula is C43H43N3O2. The molecule has 48 heavy (non-hydrogen) atoms. The van der Waals surface area contributed by atoms with Gasteiger partial charge in [0.05, 0.1) is 16.7 Å². The van der Waals surface area contributed by atoms with Gasteiger partial charge in [0.2, 0.25) is 0 Å². The van der Waals surface area contributed by atoms with E-state index in [4.69, 9.17) is 0 Å². The Hall–Kier alpha value is -5.10. The second kappa shape index (κ2) is 13.2.